The summed E-state index contributed by atoms with van der Waals surface area (Å²) < 4.78 is 0. The first-order valence-electron chi connectivity index (χ1n) is 6.53. The number of hydrogen-bond acceptors (Lipinski definition) is 2. The number of nitrogens with one attached hydrogen (secondary N) is 2. The van der Waals surface area contributed by atoms with Crippen LogP contribution in [0.3, 0.4) is 0 Å². The Hall–Kier alpha value is -1.51. The highest BCUT2D eigenvalue weighted by atomic mass is 15.1. The number of hydrogen-bond donors (Lipinski definition) is 2. The first kappa shape index (κ1) is 12.0. The van der Waals surface area contributed by atoms with E-state index in [2.05, 4.69) is 47.6 Å². The first-order valence-corrected chi connectivity index (χ1v) is 6.53. The van der Waals surface area contributed by atoms with Gasteiger partial charge in [0.15, 0.2) is 0 Å². The van der Waals surface area contributed by atoms with Gasteiger partial charge in [0.25, 0.3) is 0 Å². The highest BCUT2D eigenvalue weighted by Crippen LogP contribution is 2.23. The van der Waals surface area contributed by atoms with E-state index in [4.69, 9.17) is 0 Å². The lowest BCUT2D eigenvalue weighted by Gasteiger charge is -2.18. The van der Waals surface area contributed by atoms with Crippen LogP contribution in [-0.2, 0) is 0 Å². The zero-order chi connectivity index (χ0) is 12.1. The van der Waals surface area contributed by atoms with Gasteiger partial charge >= 0.3 is 0 Å². The van der Waals surface area contributed by atoms with Crippen molar-refractivity contribution < 1.29 is 0 Å². The number of aromatic amines is 1. The molecule has 0 amide bonds. The minimum absolute atomic E-state index is 0.565. The molecule has 1 atom stereocenters. The maximum atomic E-state index is 4.09. The molecular formula is C14H21N3. The Morgan fingerprint density at radius 2 is 2.24 bits per heavy atom. The van der Waals surface area contributed by atoms with Crippen molar-refractivity contribution in [2.75, 3.05) is 5.32 Å². The standard InChI is InChI=1S/C14H21N3/c1-3-5-7-11(4-2)16-13-8-6-9-14-12(13)10-15-17-14/h6,8-11,16H,3-5,7H2,1-2H3,(H,15,17). The number of anilines is 1. The van der Waals surface area contributed by atoms with Crippen molar-refractivity contribution >= 4 is 16.6 Å². The van der Waals surface area contributed by atoms with E-state index in [1.807, 2.05) is 6.20 Å². The van der Waals surface area contributed by atoms with E-state index in [1.54, 1.807) is 0 Å². The number of aromatic nitrogens is 2. The summed E-state index contributed by atoms with van der Waals surface area (Å²) in [6.07, 6.45) is 6.83. The van der Waals surface area contributed by atoms with Crippen LogP contribution in [0, 0.1) is 0 Å². The summed E-state index contributed by atoms with van der Waals surface area (Å²) in [5, 5.41) is 11.9. The van der Waals surface area contributed by atoms with E-state index in [0.29, 0.717) is 6.04 Å². The highest BCUT2D eigenvalue weighted by Gasteiger charge is 2.08. The maximum Gasteiger partial charge on any atom is 0.0671 e. The predicted octanol–water partition coefficient (Wildman–Crippen LogP) is 3.94. The fourth-order valence-electron chi connectivity index (χ4n) is 2.14. The van der Waals surface area contributed by atoms with Gasteiger partial charge in [0, 0.05) is 17.1 Å². The number of unbranched alkanes of at least 4 members (excludes halogenated alkanes) is 1. The minimum Gasteiger partial charge on any atom is -0.382 e. The van der Waals surface area contributed by atoms with E-state index in [-0.39, 0.29) is 0 Å². The molecule has 2 aromatic rings. The molecule has 1 aromatic carbocycles. The average Bonchev–Trinajstić information content (AvgIpc) is 2.83. The van der Waals surface area contributed by atoms with Crippen LogP contribution in [0.5, 0.6) is 0 Å². The largest absolute Gasteiger partial charge is 0.382 e. The zero-order valence-electron chi connectivity index (χ0n) is 10.7. The fourth-order valence-corrected chi connectivity index (χ4v) is 2.14. The second-order valence-corrected chi connectivity index (χ2v) is 4.53. The summed E-state index contributed by atoms with van der Waals surface area (Å²) in [6.45, 7) is 4.48. The Bertz CT molecular complexity index is 461. The molecule has 0 saturated carbocycles. The van der Waals surface area contributed by atoms with Crippen LogP contribution in [0.1, 0.15) is 39.5 Å². The van der Waals surface area contributed by atoms with Gasteiger partial charge < -0.3 is 5.32 Å². The molecule has 0 fully saturated rings. The van der Waals surface area contributed by atoms with E-state index >= 15 is 0 Å². The van der Waals surface area contributed by atoms with E-state index in [9.17, 15) is 0 Å². The molecule has 0 aliphatic heterocycles. The van der Waals surface area contributed by atoms with Gasteiger partial charge in [-0.3, -0.25) is 5.10 Å². The van der Waals surface area contributed by atoms with Crippen LogP contribution in [0.15, 0.2) is 24.4 Å². The second kappa shape index (κ2) is 5.71. The van der Waals surface area contributed by atoms with Crippen LogP contribution >= 0.6 is 0 Å². The summed E-state index contributed by atoms with van der Waals surface area (Å²) in [4.78, 5) is 0. The van der Waals surface area contributed by atoms with Crippen LogP contribution in [0.25, 0.3) is 10.9 Å². The first-order chi connectivity index (χ1) is 8.35. The minimum atomic E-state index is 0.565. The molecule has 2 rings (SSSR count). The van der Waals surface area contributed by atoms with Crippen LogP contribution in [0.2, 0.25) is 0 Å². The third-order valence-electron chi connectivity index (χ3n) is 3.24. The van der Waals surface area contributed by atoms with Crippen molar-refractivity contribution in [2.45, 2.75) is 45.6 Å². The van der Waals surface area contributed by atoms with Crippen molar-refractivity contribution in [3.63, 3.8) is 0 Å². The molecule has 2 N–H and O–H groups in total. The molecule has 1 heterocycles. The normalized spacial score (nSPS) is 12.8. The van der Waals surface area contributed by atoms with Gasteiger partial charge in [-0.2, -0.15) is 5.10 Å². The summed E-state index contributed by atoms with van der Waals surface area (Å²) in [6, 6.07) is 6.82. The van der Waals surface area contributed by atoms with Gasteiger partial charge in [0.2, 0.25) is 0 Å². The molecule has 1 aromatic heterocycles. The van der Waals surface area contributed by atoms with Crippen LogP contribution in [0.4, 0.5) is 5.69 Å². The summed E-state index contributed by atoms with van der Waals surface area (Å²) in [7, 11) is 0. The van der Waals surface area contributed by atoms with Crippen molar-refractivity contribution in [1.29, 1.82) is 0 Å². The van der Waals surface area contributed by atoms with E-state index in [0.717, 1.165) is 11.9 Å². The second-order valence-electron chi connectivity index (χ2n) is 4.53. The lowest BCUT2D eigenvalue weighted by Crippen LogP contribution is -2.18. The van der Waals surface area contributed by atoms with Crippen molar-refractivity contribution in [3.05, 3.63) is 24.4 Å². The molecule has 0 aliphatic carbocycles. The van der Waals surface area contributed by atoms with Crippen molar-refractivity contribution in [3.8, 4) is 0 Å². The Morgan fingerprint density at radius 3 is 3.00 bits per heavy atom. The lowest BCUT2D eigenvalue weighted by molar-refractivity contribution is 0.594. The quantitative estimate of drug-likeness (QED) is 0.790. The van der Waals surface area contributed by atoms with Gasteiger partial charge in [-0.1, -0.05) is 32.8 Å². The fraction of sp³-hybridized carbons (Fsp3) is 0.500. The molecule has 0 aliphatic rings. The molecule has 3 heteroatoms. The molecule has 92 valence electrons. The van der Waals surface area contributed by atoms with Crippen LogP contribution < -0.4 is 5.32 Å². The van der Waals surface area contributed by atoms with Crippen molar-refractivity contribution in [2.24, 2.45) is 0 Å². The SMILES string of the molecule is CCCCC(CC)Nc1cccc2[nH]ncc12. The Labute approximate surface area is 103 Å². The van der Waals surface area contributed by atoms with Crippen molar-refractivity contribution in [1.82, 2.24) is 10.2 Å². The number of rotatable bonds is 6. The Morgan fingerprint density at radius 1 is 1.35 bits per heavy atom. The molecule has 0 bridgehead atoms. The summed E-state index contributed by atoms with van der Waals surface area (Å²) in [5.74, 6) is 0. The van der Waals surface area contributed by atoms with Gasteiger partial charge in [0.1, 0.15) is 0 Å². The average molecular weight is 231 g/mol. The van der Waals surface area contributed by atoms with Gasteiger partial charge in [0.05, 0.1) is 11.7 Å². The molecule has 0 spiro atoms. The molecule has 3 nitrogen and oxygen atoms in total. The molecular weight excluding hydrogens is 210 g/mol. The molecule has 0 saturated heterocycles. The number of benzene rings is 1. The third-order valence-corrected chi connectivity index (χ3v) is 3.24. The Kier molecular flexibility index (Phi) is 4.02. The highest BCUT2D eigenvalue weighted by molar-refractivity contribution is 5.90. The third kappa shape index (κ3) is 2.78. The maximum absolute atomic E-state index is 4.09. The monoisotopic (exact) mass is 231 g/mol. The number of fused-ring (bicyclic) bond motifs is 1. The topological polar surface area (TPSA) is 40.7 Å². The molecule has 0 radical (unpaired) electrons. The Balaban J connectivity index is 2.13. The summed E-state index contributed by atoms with van der Waals surface area (Å²) in [5.41, 5.74) is 2.29. The van der Waals surface area contributed by atoms with Gasteiger partial charge in [-0.05, 0) is 25.0 Å². The molecule has 1 unspecified atom stereocenters. The number of H-pyrrole nitrogens is 1. The van der Waals surface area contributed by atoms with E-state index in [1.165, 1.54) is 30.3 Å². The van der Waals surface area contributed by atoms with E-state index < -0.39 is 0 Å². The lowest BCUT2D eigenvalue weighted by atomic mass is 10.1. The van der Waals surface area contributed by atoms with Gasteiger partial charge in [-0.25, -0.2) is 0 Å². The summed E-state index contributed by atoms with van der Waals surface area (Å²) >= 11 is 0. The molecule has 17 heavy (non-hydrogen) atoms. The predicted molar refractivity (Wildman–Crippen MR) is 73.3 cm³/mol. The smallest absolute Gasteiger partial charge is 0.0671 e. The number of nitrogens with zero attached hydrogens (tertiary/aromatic N) is 1. The van der Waals surface area contributed by atoms with Crippen LogP contribution in [-0.4, -0.2) is 16.2 Å². The zero-order valence-corrected chi connectivity index (χ0v) is 10.7. The van der Waals surface area contributed by atoms with Gasteiger partial charge in [-0.15, -0.1) is 0 Å².